The zero-order valence-electron chi connectivity index (χ0n) is 10.1. The first-order valence-corrected chi connectivity index (χ1v) is 6.45. The largest absolute Gasteiger partial charge is 0.495 e. The quantitative estimate of drug-likeness (QED) is 0.867. The van der Waals surface area contributed by atoms with Gasteiger partial charge in [0.15, 0.2) is 0 Å². The van der Waals surface area contributed by atoms with Gasteiger partial charge in [-0.2, -0.15) is 0 Å². The third kappa shape index (κ3) is 3.51. The van der Waals surface area contributed by atoms with E-state index in [-0.39, 0.29) is 0 Å². The molecule has 1 aliphatic rings. The van der Waals surface area contributed by atoms with Crippen molar-refractivity contribution in [3.63, 3.8) is 0 Å². The molecular weight excluding hydrogens is 236 g/mol. The highest BCUT2D eigenvalue weighted by Gasteiger charge is 2.12. The number of hydrogen-bond donors (Lipinski definition) is 2. The van der Waals surface area contributed by atoms with Crippen molar-refractivity contribution in [2.75, 3.05) is 32.1 Å². The van der Waals surface area contributed by atoms with Gasteiger partial charge in [0.05, 0.1) is 12.1 Å². The Bertz CT molecular complexity index is 364. The number of ether oxygens (including phenoxy) is 1. The highest BCUT2D eigenvalue weighted by molar-refractivity contribution is 6.32. The van der Waals surface area contributed by atoms with Crippen LogP contribution in [0, 0.1) is 5.92 Å². The highest BCUT2D eigenvalue weighted by atomic mass is 35.5. The number of methoxy groups -OCH3 is 1. The molecule has 0 spiro atoms. The van der Waals surface area contributed by atoms with Crippen LogP contribution < -0.4 is 15.4 Å². The van der Waals surface area contributed by atoms with E-state index in [2.05, 4.69) is 10.6 Å². The SMILES string of the molecule is COc1cc(NCC2CCNCC2)ccc1Cl. The first-order chi connectivity index (χ1) is 8.29. The summed E-state index contributed by atoms with van der Waals surface area (Å²) in [7, 11) is 1.64. The minimum atomic E-state index is 0.653. The van der Waals surface area contributed by atoms with E-state index in [0.29, 0.717) is 5.02 Å². The molecule has 0 radical (unpaired) electrons. The summed E-state index contributed by atoms with van der Waals surface area (Å²) in [4.78, 5) is 0. The molecule has 0 saturated carbocycles. The van der Waals surface area contributed by atoms with Gasteiger partial charge < -0.3 is 15.4 Å². The molecule has 0 aromatic heterocycles. The van der Waals surface area contributed by atoms with Crippen LogP contribution in [0.3, 0.4) is 0 Å². The monoisotopic (exact) mass is 254 g/mol. The van der Waals surface area contributed by atoms with E-state index in [1.807, 2.05) is 18.2 Å². The molecular formula is C13H19ClN2O. The molecule has 1 aromatic carbocycles. The maximum Gasteiger partial charge on any atom is 0.139 e. The minimum Gasteiger partial charge on any atom is -0.495 e. The molecule has 1 aliphatic heterocycles. The summed E-state index contributed by atoms with van der Waals surface area (Å²) in [6.07, 6.45) is 2.50. The van der Waals surface area contributed by atoms with Gasteiger partial charge >= 0.3 is 0 Å². The van der Waals surface area contributed by atoms with Gasteiger partial charge in [-0.15, -0.1) is 0 Å². The second-order valence-corrected chi connectivity index (χ2v) is 4.83. The number of hydrogen-bond acceptors (Lipinski definition) is 3. The fraction of sp³-hybridized carbons (Fsp3) is 0.538. The van der Waals surface area contributed by atoms with Crippen molar-refractivity contribution in [1.82, 2.24) is 5.32 Å². The Balaban J connectivity index is 1.89. The Morgan fingerprint density at radius 2 is 2.18 bits per heavy atom. The number of anilines is 1. The van der Waals surface area contributed by atoms with Crippen molar-refractivity contribution in [2.45, 2.75) is 12.8 Å². The zero-order chi connectivity index (χ0) is 12.1. The zero-order valence-corrected chi connectivity index (χ0v) is 10.9. The van der Waals surface area contributed by atoms with E-state index >= 15 is 0 Å². The van der Waals surface area contributed by atoms with E-state index in [4.69, 9.17) is 16.3 Å². The lowest BCUT2D eigenvalue weighted by Gasteiger charge is -2.23. The van der Waals surface area contributed by atoms with Crippen LogP contribution in [0.15, 0.2) is 18.2 Å². The van der Waals surface area contributed by atoms with Gasteiger partial charge in [0.25, 0.3) is 0 Å². The lowest BCUT2D eigenvalue weighted by Crippen LogP contribution is -2.31. The van der Waals surface area contributed by atoms with Crippen molar-refractivity contribution in [2.24, 2.45) is 5.92 Å². The van der Waals surface area contributed by atoms with Crippen molar-refractivity contribution in [3.8, 4) is 5.75 Å². The van der Waals surface area contributed by atoms with E-state index in [9.17, 15) is 0 Å². The summed E-state index contributed by atoms with van der Waals surface area (Å²) in [6, 6.07) is 5.81. The molecule has 0 bridgehead atoms. The molecule has 17 heavy (non-hydrogen) atoms. The molecule has 1 heterocycles. The predicted octanol–water partition coefficient (Wildman–Crippen LogP) is 2.76. The molecule has 0 amide bonds. The van der Waals surface area contributed by atoms with Gasteiger partial charge in [0, 0.05) is 18.3 Å². The Morgan fingerprint density at radius 1 is 1.41 bits per heavy atom. The summed E-state index contributed by atoms with van der Waals surface area (Å²) >= 11 is 5.98. The Morgan fingerprint density at radius 3 is 2.88 bits per heavy atom. The van der Waals surface area contributed by atoms with Gasteiger partial charge in [-0.05, 0) is 44.0 Å². The Kier molecular flexibility index (Phi) is 4.51. The normalized spacial score (nSPS) is 16.8. The summed E-state index contributed by atoms with van der Waals surface area (Å²) in [5.74, 6) is 1.49. The molecule has 0 unspecified atom stereocenters. The van der Waals surface area contributed by atoms with Gasteiger partial charge in [-0.3, -0.25) is 0 Å². The predicted molar refractivity (Wildman–Crippen MR) is 72.1 cm³/mol. The molecule has 0 atom stereocenters. The second-order valence-electron chi connectivity index (χ2n) is 4.42. The smallest absolute Gasteiger partial charge is 0.139 e. The summed E-state index contributed by atoms with van der Waals surface area (Å²) in [5.41, 5.74) is 1.07. The van der Waals surface area contributed by atoms with Crippen LogP contribution in [0.25, 0.3) is 0 Å². The topological polar surface area (TPSA) is 33.3 Å². The number of benzene rings is 1. The summed E-state index contributed by atoms with van der Waals surface area (Å²) in [6.45, 7) is 3.29. The van der Waals surface area contributed by atoms with E-state index in [1.54, 1.807) is 7.11 Å². The first kappa shape index (κ1) is 12.5. The number of halogens is 1. The second kappa shape index (κ2) is 6.12. The van der Waals surface area contributed by atoms with Crippen LogP contribution in [-0.2, 0) is 0 Å². The molecule has 1 saturated heterocycles. The molecule has 2 rings (SSSR count). The Labute approximate surface area is 107 Å². The molecule has 0 aliphatic carbocycles. The van der Waals surface area contributed by atoms with Crippen molar-refractivity contribution >= 4 is 17.3 Å². The summed E-state index contributed by atoms with van der Waals surface area (Å²) in [5, 5.41) is 7.48. The lowest BCUT2D eigenvalue weighted by molar-refractivity contribution is 0.389. The standard InChI is InChI=1S/C13H19ClN2O/c1-17-13-8-11(2-3-12(13)14)16-9-10-4-6-15-7-5-10/h2-3,8,10,15-16H,4-7,9H2,1H3. The number of piperidine rings is 1. The maximum absolute atomic E-state index is 5.98. The Hall–Kier alpha value is -0.930. The molecule has 3 nitrogen and oxygen atoms in total. The van der Waals surface area contributed by atoms with Gasteiger partial charge in [0.1, 0.15) is 5.75 Å². The van der Waals surface area contributed by atoms with Crippen LogP contribution in [-0.4, -0.2) is 26.7 Å². The third-order valence-corrected chi connectivity index (χ3v) is 3.52. The van der Waals surface area contributed by atoms with Crippen LogP contribution in [0.5, 0.6) is 5.75 Å². The fourth-order valence-electron chi connectivity index (χ4n) is 2.12. The molecule has 2 N–H and O–H groups in total. The van der Waals surface area contributed by atoms with Crippen LogP contribution in [0.4, 0.5) is 5.69 Å². The molecule has 94 valence electrons. The average molecular weight is 255 g/mol. The van der Waals surface area contributed by atoms with E-state index < -0.39 is 0 Å². The lowest BCUT2D eigenvalue weighted by atomic mass is 9.98. The maximum atomic E-state index is 5.98. The molecule has 4 heteroatoms. The van der Waals surface area contributed by atoms with E-state index in [1.165, 1.54) is 12.8 Å². The number of rotatable bonds is 4. The van der Waals surface area contributed by atoms with Gasteiger partial charge in [-0.25, -0.2) is 0 Å². The van der Waals surface area contributed by atoms with Crippen LogP contribution in [0.2, 0.25) is 5.02 Å². The van der Waals surface area contributed by atoms with Crippen LogP contribution in [0.1, 0.15) is 12.8 Å². The van der Waals surface area contributed by atoms with E-state index in [0.717, 1.165) is 37.0 Å². The van der Waals surface area contributed by atoms with Crippen LogP contribution >= 0.6 is 11.6 Å². The average Bonchev–Trinajstić information content (AvgIpc) is 2.39. The van der Waals surface area contributed by atoms with Gasteiger partial charge in [-0.1, -0.05) is 11.6 Å². The van der Waals surface area contributed by atoms with Crippen molar-refractivity contribution in [1.29, 1.82) is 0 Å². The first-order valence-electron chi connectivity index (χ1n) is 6.07. The molecule has 1 aromatic rings. The third-order valence-electron chi connectivity index (χ3n) is 3.20. The van der Waals surface area contributed by atoms with Gasteiger partial charge in [0.2, 0.25) is 0 Å². The van der Waals surface area contributed by atoms with Crippen molar-refractivity contribution < 1.29 is 4.74 Å². The minimum absolute atomic E-state index is 0.653. The number of nitrogens with one attached hydrogen (secondary N) is 2. The molecule has 1 fully saturated rings. The fourth-order valence-corrected chi connectivity index (χ4v) is 2.31. The highest BCUT2D eigenvalue weighted by Crippen LogP contribution is 2.27. The van der Waals surface area contributed by atoms with Crippen molar-refractivity contribution in [3.05, 3.63) is 23.2 Å². The summed E-state index contributed by atoms with van der Waals surface area (Å²) < 4.78 is 5.20.